The third-order valence-corrected chi connectivity index (χ3v) is 6.03. The van der Waals surface area contributed by atoms with E-state index in [-0.39, 0.29) is 29.3 Å². The van der Waals surface area contributed by atoms with Gasteiger partial charge < -0.3 is 14.8 Å². The van der Waals surface area contributed by atoms with Crippen molar-refractivity contribution in [1.82, 2.24) is 10.0 Å². The molecule has 0 aliphatic carbocycles. The van der Waals surface area contributed by atoms with E-state index in [1.165, 1.54) is 0 Å². The van der Waals surface area contributed by atoms with Crippen molar-refractivity contribution in [3.63, 3.8) is 0 Å². The van der Waals surface area contributed by atoms with Crippen molar-refractivity contribution < 1.29 is 17.9 Å². The van der Waals surface area contributed by atoms with E-state index < -0.39 is 10.0 Å². The lowest BCUT2D eigenvalue weighted by Crippen LogP contribution is -2.48. The fraction of sp³-hybridized carbons (Fsp3) is 0.368. The average Bonchev–Trinajstić information content (AvgIpc) is 2.65. The Bertz CT molecular complexity index is 826. The maximum Gasteiger partial charge on any atom is 0.240 e. The highest BCUT2D eigenvalue weighted by Crippen LogP contribution is 2.25. The number of hydrogen-bond donors (Lipinski definition) is 2. The lowest BCUT2D eigenvalue weighted by Gasteiger charge is -2.29. The highest BCUT2D eigenvalue weighted by atomic mass is 35.5. The lowest BCUT2D eigenvalue weighted by atomic mass is 9.97. The van der Waals surface area contributed by atoms with Crippen LogP contribution in [0.1, 0.15) is 13.3 Å². The van der Waals surface area contributed by atoms with Crippen LogP contribution in [-0.2, 0) is 10.0 Å². The smallest absolute Gasteiger partial charge is 0.240 e. The Labute approximate surface area is 166 Å². The zero-order valence-corrected chi connectivity index (χ0v) is 17.0. The highest BCUT2D eigenvalue weighted by Gasteiger charge is 2.26. The molecule has 8 heteroatoms. The first-order valence-electron chi connectivity index (χ1n) is 8.63. The molecular weight excluding hydrogens is 388 g/mol. The van der Waals surface area contributed by atoms with Gasteiger partial charge in [-0.2, -0.15) is 0 Å². The van der Waals surface area contributed by atoms with Crippen molar-refractivity contribution in [1.29, 1.82) is 0 Å². The first-order chi connectivity index (χ1) is 12.5. The number of hydrogen-bond acceptors (Lipinski definition) is 5. The number of methoxy groups -OCH3 is 1. The van der Waals surface area contributed by atoms with E-state index in [1.807, 2.05) is 6.92 Å². The Hall–Kier alpha value is -1.80. The van der Waals surface area contributed by atoms with Crippen LogP contribution in [0.15, 0.2) is 53.4 Å². The molecule has 0 amide bonds. The van der Waals surface area contributed by atoms with Crippen LogP contribution in [0, 0.1) is 5.92 Å². The Morgan fingerprint density at radius 3 is 2.11 bits per heavy atom. The predicted molar refractivity (Wildman–Crippen MR) is 108 cm³/mol. The highest BCUT2D eigenvalue weighted by molar-refractivity contribution is 7.89. The molecule has 3 rings (SSSR count). The third-order valence-electron chi connectivity index (χ3n) is 4.52. The zero-order chi connectivity index (χ0) is 18.6. The van der Waals surface area contributed by atoms with Gasteiger partial charge in [-0.25, -0.2) is 13.1 Å². The van der Waals surface area contributed by atoms with Crippen LogP contribution in [0.5, 0.6) is 17.2 Å². The zero-order valence-electron chi connectivity index (χ0n) is 15.3. The third kappa shape index (κ3) is 5.59. The van der Waals surface area contributed by atoms with Crippen LogP contribution in [0.25, 0.3) is 0 Å². The number of sulfonamides is 1. The number of halogens is 1. The van der Waals surface area contributed by atoms with Crippen molar-refractivity contribution in [2.45, 2.75) is 24.3 Å². The van der Waals surface area contributed by atoms with Gasteiger partial charge >= 0.3 is 0 Å². The predicted octanol–water partition coefficient (Wildman–Crippen LogP) is 3.19. The van der Waals surface area contributed by atoms with Gasteiger partial charge in [0.1, 0.15) is 17.2 Å². The molecule has 0 saturated carbocycles. The van der Waals surface area contributed by atoms with Crippen molar-refractivity contribution in [3.05, 3.63) is 48.5 Å². The maximum absolute atomic E-state index is 12.6. The molecule has 0 spiro atoms. The molecule has 1 aliphatic heterocycles. The molecule has 148 valence electrons. The molecule has 0 radical (unpaired) electrons. The van der Waals surface area contributed by atoms with Crippen LogP contribution in [-0.4, -0.2) is 34.7 Å². The molecule has 0 aromatic heterocycles. The minimum atomic E-state index is -3.54. The van der Waals surface area contributed by atoms with Crippen LogP contribution in [0.4, 0.5) is 0 Å². The van der Waals surface area contributed by atoms with E-state index in [0.717, 1.165) is 25.3 Å². The summed E-state index contributed by atoms with van der Waals surface area (Å²) >= 11 is 0. The van der Waals surface area contributed by atoms with E-state index in [0.29, 0.717) is 11.5 Å². The molecule has 1 heterocycles. The quantitative estimate of drug-likeness (QED) is 0.762. The van der Waals surface area contributed by atoms with Crippen molar-refractivity contribution in [2.75, 3.05) is 20.2 Å². The van der Waals surface area contributed by atoms with Gasteiger partial charge in [-0.05, 0) is 74.0 Å². The fourth-order valence-corrected chi connectivity index (χ4v) is 4.30. The minimum absolute atomic E-state index is 0. The van der Waals surface area contributed by atoms with E-state index in [4.69, 9.17) is 9.47 Å². The van der Waals surface area contributed by atoms with E-state index in [1.54, 1.807) is 55.6 Å². The topological polar surface area (TPSA) is 76.7 Å². The molecular formula is C19H25ClN2O4S. The lowest BCUT2D eigenvalue weighted by molar-refractivity contribution is 0.328. The number of nitrogens with one attached hydrogen (secondary N) is 2. The molecule has 27 heavy (non-hydrogen) atoms. The fourth-order valence-electron chi connectivity index (χ4n) is 2.92. The van der Waals surface area contributed by atoms with Crippen LogP contribution in [0.2, 0.25) is 0 Å². The first kappa shape index (κ1) is 21.5. The summed E-state index contributed by atoms with van der Waals surface area (Å²) in [5.41, 5.74) is 0. The summed E-state index contributed by atoms with van der Waals surface area (Å²) in [4.78, 5) is 0.241. The molecule has 2 atom stereocenters. The molecule has 2 aromatic carbocycles. The Morgan fingerprint density at radius 1 is 1.00 bits per heavy atom. The van der Waals surface area contributed by atoms with Gasteiger partial charge in [-0.1, -0.05) is 6.92 Å². The summed E-state index contributed by atoms with van der Waals surface area (Å²) in [6.45, 7) is 3.69. The van der Waals surface area contributed by atoms with Gasteiger partial charge in [0.05, 0.1) is 12.0 Å². The molecule has 0 bridgehead atoms. The number of piperidine rings is 1. The summed E-state index contributed by atoms with van der Waals surface area (Å²) in [6, 6.07) is 13.6. The second kappa shape index (κ2) is 9.41. The van der Waals surface area contributed by atoms with E-state index >= 15 is 0 Å². The summed E-state index contributed by atoms with van der Waals surface area (Å²) in [5, 5.41) is 3.27. The second-order valence-corrected chi connectivity index (χ2v) is 8.16. The second-order valence-electron chi connectivity index (χ2n) is 6.45. The van der Waals surface area contributed by atoms with E-state index in [9.17, 15) is 8.42 Å². The normalized spacial score (nSPS) is 19.8. The molecule has 2 aromatic rings. The Kier molecular flexibility index (Phi) is 7.49. The molecule has 2 unspecified atom stereocenters. The van der Waals surface area contributed by atoms with Gasteiger partial charge in [0.25, 0.3) is 0 Å². The van der Waals surface area contributed by atoms with Crippen molar-refractivity contribution >= 4 is 22.4 Å². The van der Waals surface area contributed by atoms with Crippen LogP contribution < -0.4 is 19.5 Å². The monoisotopic (exact) mass is 412 g/mol. The van der Waals surface area contributed by atoms with Gasteiger partial charge in [-0.3, -0.25) is 0 Å². The summed E-state index contributed by atoms with van der Waals surface area (Å²) in [5.74, 6) is 2.24. The Balaban J connectivity index is 0.00000261. The number of ether oxygens (including phenoxy) is 2. The van der Waals surface area contributed by atoms with Crippen molar-refractivity contribution in [3.8, 4) is 17.2 Å². The number of benzene rings is 2. The van der Waals surface area contributed by atoms with E-state index in [2.05, 4.69) is 10.0 Å². The molecule has 1 fully saturated rings. The molecule has 2 N–H and O–H groups in total. The SMILES string of the molecule is COc1ccc(Oc2ccc(S(=O)(=O)NC3CCNCC3C)cc2)cc1.Cl. The van der Waals surface area contributed by atoms with Gasteiger partial charge in [0.15, 0.2) is 0 Å². The molecule has 6 nitrogen and oxygen atoms in total. The van der Waals surface area contributed by atoms with Gasteiger partial charge in [0.2, 0.25) is 10.0 Å². The number of rotatable bonds is 6. The summed E-state index contributed by atoms with van der Waals surface area (Å²) in [6.07, 6.45) is 0.791. The summed E-state index contributed by atoms with van der Waals surface area (Å²) in [7, 11) is -1.94. The van der Waals surface area contributed by atoms with Crippen LogP contribution >= 0.6 is 12.4 Å². The standard InChI is InChI=1S/C19H24N2O4S.ClH/c1-14-13-20-12-11-19(14)21-26(22,23)18-9-7-17(8-10-18)25-16-5-3-15(24-2)4-6-16;/h3-10,14,19-21H,11-13H2,1-2H3;1H. The summed E-state index contributed by atoms with van der Waals surface area (Å²) < 4.78 is 38.9. The average molecular weight is 413 g/mol. The largest absolute Gasteiger partial charge is 0.497 e. The first-order valence-corrected chi connectivity index (χ1v) is 10.1. The van der Waals surface area contributed by atoms with Gasteiger partial charge in [0, 0.05) is 6.04 Å². The van der Waals surface area contributed by atoms with Gasteiger partial charge in [-0.15, -0.1) is 12.4 Å². The maximum atomic E-state index is 12.6. The Morgan fingerprint density at radius 2 is 1.56 bits per heavy atom. The molecule has 1 saturated heterocycles. The molecule has 1 aliphatic rings. The van der Waals surface area contributed by atoms with Crippen molar-refractivity contribution in [2.24, 2.45) is 5.92 Å². The minimum Gasteiger partial charge on any atom is -0.497 e. The van der Waals surface area contributed by atoms with Crippen LogP contribution in [0.3, 0.4) is 0 Å².